The fourth-order valence-electron chi connectivity index (χ4n) is 2.24. The molecule has 0 unspecified atom stereocenters. The van der Waals surface area contributed by atoms with Crippen LogP contribution in [0.5, 0.6) is 5.75 Å². The van der Waals surface area contributed by atoms with Crippen LogP contribution in [0.15, 0.2) is 24.3 Å². The molecule has 28 heavy (non-hydrogen) atoms. The number of phenolic OH excluding ortho intramolecular Hbond substituents is 1. The van der Waals surface area contributed by atoms with Crippen LogP contribution in [0.1, 0.15) is 33.3 Å². The van der Waals surface area contributed by atoms with Gasteiger partial charge in [-0.2, -0.15) is 0 Å². The van der Waals surface area contributed by atoms with E-state index in [0.29, 0.717) is 11.2 Å². The highest BCUT2D eigenvalue weighted by Gasteiger charge is 2.31. The zero-order valence-corrected chi connectivity index (χ0v) is 16.5. The Labute approximate surface area is 163 Å². The smallest absolute Gasteiger partial charge is 0.417 e. The van der Waals surface area contributed by atoms with E-state index in [-0.39, 0.29) is 12.2 Å². The molecule has 9 heteroatoms. The number of amides is 3. The Morgan fingerprint density at radius 2 is 1.82 bits per heavy atom. The highest BCUT2D eigenvalue weighted by Crippen LogP contribution is 2.12. The van der Waals surface area contributed by atoms with Gasteiger partial charge in [0.1, 0.15) is 23.7 Å². The number of aldehydes is 1. The van der Waals surface area contributed by atoms with Crippen molar-refractivity contribution in [1.29, 1.82) is 0 Å². The van der Waals surface area contributed by atoms with Gasteiger partial charge in [-0.3, -0.25) is 9.59 Å². The third-order valence-electron chi connectivity index (χ3n) is 3.59. The molecule has 0 aliphatic rings. The molecule has 0 bridgehead atoms. The average molecular weight is 393 g/mol. The van der Waals surface area contributed by atoms with E-state index < -0.39 is 42.1 Å². The molecule has 1 aromatic carbocycles. The Balaban J connectivity index is 2.73. The largest absolute Gasteiger partial charge is 0.508 e. The fraction of sp³-hybridized carbons (Fsp3) is 0.474. The van der Waals surface area contributed by atoms with Gasteiger partial charge in [-0.05, 0) is 51.8 Å². The molecule has 0 aliphatic heterocycles. The van der Waals surface area contributed by atoms with E-state index >= 15 is 0 Å². The molecule has 0 fully saturated rings. The number of nitrogens with two attached hydrogens (primary N) is 1. The predicted octanol–water partition coefficient (Wildman–Crippen LogP) is 0.729. The summed E-state index contributed by atoms with van der Waals surface area (Å²) in [4.78, 5) is 48.4. The SMILES string of the molecule is C[C@@H](NC(=O)[C@@H](N)Cc1ccc(O)cc1)C(=O)N(CC=O)C(=O)OC(C)(C)C. The molecule has 0 aromatic heterocycles. The Morgan fingerprint density at radius 1 is 1.25 bits per heavy atom. The van der Waals surface area contributed by atoms with Crippen LogP contribution in [-0.2, 0) is 25.5 Å². The van der Waals surface area contributed by atoms with Crippen LogP contribution in [-0.4, -0.2) is 58.4 Å². The summed E-state index contributed by atoms with van der Waals surface area (Å²) in [5.41, 5.74) is 5.75. The van der Waals surface area contributed by atoms with Crippen molar-refractivity contribution in [2.75, 3.05) is 6.54 Å². The summed E-state index contributed by atoms with van der Waals surface area (Å²) in [5.74, 6) is -1.28. The first-order valence-electron chi connectivity index (χ1n) is 8.76. The van der Waals surface area contributed by atoms with E-state index in [0.717, 1.165) is 5.56 Å². The third-order valence-corrected chi connectivity index (χ3v) is 3.59. The summed E-state index contributed by atoms with van der Waals surface area (Å²) in [5, 5.41) is 11.7. The highest BCUT2D eigenvalue weighted by molar-refractivity contribution is 5.98. The molecule has 9 nitrogen and oxygen atoms in total. The number of imide groups is 1. The van der Waals surface area contributed by atoms with Crippen molar-refractivity contribution in [3.05, 3.63) is 29.8 Å². The molecule has 2 atom stereocenters. The molecule has 0 saturated heterocycles. The van der Waals surface area contributed by atoms with Gasteiger partial charge in [-0.25, -0.2) is 9.69 Å². The Bertz CT molecular complexity index is 711. The molecule has 1 aromatic rings. The quantitative estimate of drug-likeness (QED) is 0.580. The van der Waals surface area contributed by atoms with E-state index in [4.69, 9.17) is 10.5 Å². The number of hydrogen-bond donors (Lipinski definition) is 3. The topological polar surface area (TPSA) is 139 Å². The first-order chi connectivity index (χ1) is 12.9. The van der Waals surface area contributed by atoms with Gasteiger partial charge < -0.3 is 25.7 Å². The minimum absolute atomic E-state index is 0.0957. The number of aromatic hydroxyl groups is 1. The van der Waals surface area contributed by atoms with Crippen LogP contribution in [0.2, 0.25) is 0 Å². The number of nitrogens with one attached hydrogen (secondary N) is 1. The van der Waals surface area contributed by atoms with Crippen molar-refractivity contribution >= 4 is 24.2 Å². The maximum Gasteiger partial charge on any atom is 0.417 e. The van der Waals surface area contributed by atoms with Crippen LogP contribution in [0.4, 0.5) is 4.79 Å². The van der Waals surface area contributed by atoms with Crippen molar-refractivity contribution in [2.24, 2.45) is 5.73 Å². The van der Waals surface area contributed by atoms with Crippen LogP contribution < -0.4 is 11.1 Å². The fourth-order valence-corrected chi connectivity index (χ4v) is 2.24. The number of ether oxygens (including phenoxy) is 1. The van der Waals surface area contributed by atoms with Gasteiger partial charge in [0, 0.05) is 0 Å². The molecule has 0 aliphatic carbocycles. The molecule has 3 amide bonds. The van der Waals surface area contributed by atoms with Gasteiger partial charge in [-0.15, -0.1) is 0 Å². The van der Waals surface area contributed by atoms with Crippen molar-refractivity contribution in [2.45, 2.75) is 51.8 Å². The van der Waals surface area contributed by atoms with Crippen molar-refractivity contribution in [3.63, 3.8) is 0 Å². The molecule has 0 radical (unpaired) electrons. The summed E-state index contributed by atoms with van der Waals surface area (Å²) in [6.07, 6.45) is -0.386. The van der Waals surface area contributed by atoms with Crippen molar-refractivity contribution in [3.8, 4) is 5.75 Å². The third kappa shape index (κ3) is 7.36. The second-order valence-electron chi connectivity index (χ2n) is 7.30. The number of nitrogens with zero attached hydrogens (tertiary/aromatic N) is 1. The minimum atomic E-state index is -1.09. The normalized spacial score (nSPS) is 13.2. The molecule has 0 spiro atoms. The lowest BCUT2D eigenvalue weighted by atomic mass is 10.1. The standard InChI is InChI=1S/C19H27N3O6/c1-12(17(26)22(9-10-23)18(27)28-19(2,3)4)21-16(25)15(20)11-13-5-7-14(24)8-6-13/h5-8,10,12,15,24H,9,11,20H2,1-4H3,(H,21,25)/t12-,15+/m1/s1. The van der Waals surface area contributed by atoms with Gasteiger partial charge in [0.2, 0.25) is 5.91 Å². The van der Waals surface area contributed by atoms with E-state index in [1.165, 1.54) is 19.1 Å². The second kappa shape index (κ2) is 9.84. The van der Waals surface area contributed by atoms with Crippen LogP contribution in [0.25, 0.3) is 0 Å². The number of phenols is 1. The molecular weight excluding hydrogens is 366 g/mol. The number of rotatable bonds is 7. The van der Waals surface area contributed by atoms with E-state index in [1.807, 2.05) is 0 Å². The first-order valence-corrected chi connectivity index (χ1v) is 8.76. The van der Waals surface area contributed by atoms with Gasteiger partial charge in [0.05, 0.1) is 12.6 Å². The molecule has 0 saturated carbocycles. The van der Waals surface area contributed by atoms with E-state index in [1.54, 1.807) is 32.9 Å². The lowest BCUT2D eigenvalue weighted by Gasteiger charge is -2.27. The van der Waals surface area contributed by atoms with Crippen molar-refractivity contribution < 1.29 is 29.0 Å². The molecule has 154 valence electrons. The van der Waals surface area contributed by atoms with Gasteiger partial charge in [0.25, 0.3) is 5.91 Å². The van der Waals surface area contributed by atoms with Gasteiger partial charge in [0.15, 0.2) is 0 Å². The van der Waals surface area contributed by atoms with Gasteiger partial charge >= 0.3 is 6.09 Å². The first kappa shape index (κ1) is 23.1. The molecular formula is C19H27N3O6. The van der Waals surface area contributed by atoms with Crippen LogP contribution >= 0.6 is 0 Å². The zero-order chi connectivity index (χ0) is 21.5. The lowest BCUT2D eigenvalue weighted by molar-refractivity contribution is -0.136. The van der Waals surface area contributed by atoms with Crippen LogP contribution in [0, 0.1) is 0 Å². The maximum atomic E-state index is 12.5. The number of hydrogen-bond acceptors (Lipinski definition) is 7. The predicted molar refractivity (Wildman–Crippen MR) is 101 cm³/mol. The lowest BCUT2D eigenvalue weighted by Crippen LogP contribution is -2.54. The molecule has 4 N–H and O–H groups in total. The number of benzene rings is 1. The summed E-state index contributed by atoms with van der Waals surface area (Å²) >= 11 is 0. The van der Waals surface area contributed by atoms with E-state index in [9.17, 15) is 24.3 Å². The average Bonchev–Trinajstić information content (AvgIpc) is 2.59. The Kier molecular flexibility index (Phi) is 8.12. The molecule has 1 rings (SSSR count). The Morgan fingerprint density at radius 3 is 2.32 bits per heavy atom. The maximum absolute atomic E-state index is 12.5. The van der Waals surface area contributed by atoms with Gasteiger partial charge in [-0.1, -0.05) is 12.1 Å². The minimum Gasteiger partial charge on any atom is -0.508 e. The Hall–Kier alpha value is -2.94. The summed E-state index contributed by atoms with van der Waals surface area (Å²) in [6, 6.07) is 4.18. The van der Waals surface area contributed by atoms with E-state index in [2.05, 4.69) is 5.32 Å². The van der Waals surface area contributed by atoms with Crippen molar-refractivity contribution in [1.82, 2.24) is 10.2 Å². The summed E-state index contributed by atoms with van der Waals surface area (Å²) in [7, 11) is 0. The number of carbonyl (C=O) groups is 4. The van der Waals surface area contributed by atoms with Crippen LogP contribution in [0.3, 0.4) is 0 Å². The monoisotopic (exact) mass is 393 g/mol. The zero-order valence-electron chi connectivity index (χ0n) is 16.5. The summed E-state index contributed by atoms with van der Waals surface area (Å²) < 4.78 is 5.11. The summed E-state index contributed by atoms with van der Waals surface area (Å²) in [6.45, 7) is 5.77. The molecule has 0 heterocycles. The number of carbonyl (C=O) groups excluding carboxylic acids is 4. The highest BCUT2D eigenvalue weighted by atomic mass is 16.6. The second-order valence-corrected chi connectivity index (χ2v) is 7.30.